The Morgan fingerprint density at radius 1 is 0.870 bits per heavy atom. The molecule has 0 bridgehead atoms. The molecule has 0 saturated carbocycles. The molecule has 0 aliphatic rings. The molecule has 0 fully saturated rings. The van der Waals surface area contributed by atoms with Gasteiger partial charge in [-0.05, 0) is 12.0 Å². The minimum absolute atomic E-state index is 0.185. The molecule has 3 nitrogen and oxygen atoms in total. The molecule has 0 saturated heterocycles. The molecule has 0 unspecified atom stereocenters. The summed E-state index contributed by atoms with van der Waals surface area (Å²) in [6.45, 7) is 3.90. The van der Waals surface area contributed by atoms with Gasteiger partial charge >= 0.3 is 0 Å². The molecule has 1 aromatic carbocycles. The summed E-state index contributed by atoms with van der Waals surface area (Å²) in [4.78, 5) is 1.97. The predicted molar refractivity (Wildman–Crippen MR) is 101 cm³/mol. The number of hydrogen-bond acceptors (Lipinski definition) is 1. The van der Waals surface area contributed by atoms with E-state index in [4.69, 9.17) is 11.1 Å². The molecule has 3 heteroatoms. The summed E-state index contributed by atoms with van der Waals surface area (Å²) in [6, 6.07) is 10.3. The molecule has 0 radical (unpaired) electrons. The van der Waals surface area contributed by atoms with E-state index >= 15 is 0 Å². The van der Waals surface area contributed by atoms with Crippen LogP contribution in [0.25, 0.3) is 0 Å². The highest BCUT2D eigenvalue weighted by Gasteiger charge is 2.06. The second-order valence-corrected chi connectivity index (χ2v) is 6.47. The maximum absolute atomic E-state index is 7.73. The van der Waals surface area contributed by atoms with Crippen LogP contribution in [0.1, 0.15) is 76.7 Å². The van der Waals surface area contributed by atoms with E-state index in [1.807, 2.05) is 23.1 Å². The maximum atomic E-state index is 7.73. The lowest BCUT2D eigenvalue weighted by Gasteiger charge is -2.22. The SMILES string of the molecule is CCCCCCCCCCCCN(Cc1ccccc1)C(=N)N. The highest BCUT2D eigenvalue weighted by atomic mass is 15.2. The zero-order valence-electron chi connectivity index (χ0n) is 14.9. The summed E-state index contributed by atoms with van der Waals surface area (Å²) in [7, 11) is 0. The monoisotopic (exact) mass is 317 g/mol. The second kappa shape index (κ2) is 13.0. The van der Waals surface area contributed by atoms with Crippen LogP contribution < -0.4 is 5.73 Å². The van der Waals surface area contributed by atoms with Crippen LogP contribution in [0.2, 0.25) is 0 Å². The lowest BCUT2D eigenvalue weighted by atomic mass is 10.1. The van der Waals surface area contributed by atoms with Crippen molar-refractivity contribution in [2.45, 2.75) is 77.7 Å². The van der Waals surface area contributed by atoms with Crippen molar-refractivity contribution in [3.05, 3.63) is 35.9 Å². The molecule has 0 heterocycles. The smallest absolute Gasteiger partial charge is 0.188 e. The van der Waals surface area contributed by atoms with E-state index in [0.29, 0.717) is 0 Å². The van der Waals surface area contributed by atoms with Crippen LogP contribution in [-0.2, 0) is 6.54 Å². The number of nitrogens with one attached hydrogen (secondary N) is 1. The third-order valence-electron chi connectivity index (χ3n) is 4.34. The lowest BCUT2D eigenvalue weighted by Crippen LogP contribution is -2.36. The molecule has 0 aliphatic carbocycles. The first-order valence-corrected chi connectivity index (χ1v) is 9.37. The first-order valence-electron chi connectivity index (χ1n) is 9.37. The van der Waals surface area contributed by atoms with Crippen molar-refractivity contribution in [3.63, 3.8) is 0 Å². The Balaban J connectivity index is 2.06. The van der Waals surface area contributed by atoms with Gasteiger partial charge < -0.3 is 10.6 Å². The van der Waals surface area contributed by atoms with Crippen molar-refractivity contribution in [2.75, 3.05) is 6.54 Å². The van der Waals surface area contributed by atoms with Gasteiger partial charge in [0.1, 0.15) is 0 Å². The van der Waals surface area contributed by atoms with Gasteiger partial charge in [-0.2, -0.15) is 0 Å². The summed E-state index contributed by atoms with van der Waals surface area (Å²) in [5, 5.41) is 7.73. The van der Waals surface area contributed by atoms with Gasteiger partial charge in [0, 0.05) is 13.1 Å². The average molecular weight is 318 g/mol. The summed E-state index contributed by atoms with van der Waals surface area (Å²) < 4.78 is 0. The van der Waals surface area contributed by atoms with Gasteiger partial charge in [-0.25, -0.2) is 0 Å². The largest absolute Gasteiger partial charge is 0.370 e. The van der Waals surface area contributed by atoms with Crippen molar-refractivity contribution >= 4 is 5.96 Å². The number of unbranched alkanes of at least 4 members (excludes halogenated alkanes) is 9. The minimum atomic E-state index is 0.185. The van der Waals surface area contributed by atoms with Gasteiger partial charge in [-0.3, -0.25) is 5.41 Å². The van der Waals surface area contributed by atoms with Gasteiger partial charge in [0.25, 0.3) is 0 Å². The van der Waals surface area contributed by atoms with E-state index in [-0.39, 0.29) is 5.96 Å². The van der Waals surface area contributed by atoms with E-state index in [0.717, 1.165) is 19.5 Å². The van der Waals surface area contributed by atoms with E-state index < -0.39 is 0 Å². The molecule has 0 amide bonds. The van der Waals surface area contributed by atoms with Gasteiger partial charge in [0.2, 0.25) is 0 Å². The van der Waals surface area contributed by atoms with Crippen molar-refractivity contribution < 1.29 is 0 Å². The Kier molecular flexibility index (Phi) is 11.0. The zero-order chi connectivity index (χ0) is 16.8. The first kappa shape index (κ1) is 19.5. The molecular formula is C20H35N3. The van der Waals surface area contributed by atoms with Crippen LogP contribution in [0.3, 0.4) is 0 Å². The number of guanidine groups is 1. The zero-order valence-corrected chi connectivity index (χ0v) is 14.9. The fraction of sp³-hybridized carbons (Fsp3) is 0.650. The van der Waals surface area contributed by atoms with E-state index in [1.54, 1.807) is 0 Å². The van der Waals surface area contributed by atoms with Crippen LogP contribution in [0.4, 0.5) is 0 Å². The predicted octanol–water partition coefficient (Wildman–Crippen LogP) is 5.30. The van der Waals surface area contributed by atoms with Gasteiger partial charge in [-0.15, -0.1) is 0 Å². The molecule has 3 N–H and O–H groups in total. The normalized spacial score (nSPS) is 10.7. The molecule has 0 spiro atoms. The summed E-state index contributed by atoms with van der Waals surface area (Å²) in [5.74, 6) is 0.185. The van der Waals surface area contributed by atoms with E-state index in [9.17, 15) is 0 Å². The van der Waals surface area contributed by atoms with E-state index in [2.05, 4.69) is 19.1 Å². The Morgan fingerprint density at radius 2 is 1.39 bits per heavy atom. The third-order valence-corrected chi connectivity index (χ3v) is 4.34. The van der Waals surface area contributed by atoms with Crippen molar-refractivity contribution in [1.29, 1.82) is 5.41 Å². The van der Waals surface area contributed by atoms with E-state index in [1.165, 1.54) is 63.4 Å². The van der Waals surface area contributed by atoms with Crippen molar-refractivity contribution in [3.8, 4) is 0 Å². The Morgan fingerprint density at radius 3 is 1.91 bits per heavy atom. The van der Waals surface area contributed by atoms with Crippen molar-refractivity contribution in [1.82, 2.24) is 4.90 Å². The number of benzene rings is 1. The molecule has 1 aromatic rings. The average Bonchev–Trinajstić information content (AvgIpc) is 2.56. The Bertz CT molecular complexity index is 403. The van der Waals surface area contributed by atoms with Crippen LogP contribution in [0.15, 0.2) is 30.3 Å². The fourth-order valence-corrected chi connectivity index (χ4v) is 2.88. The molecule has 0 aliphatic heterocycles. The highest BCUT2D eigenvalue weighted by molar-refractivity contribution is 5.74. The molecular weight excluding hydrogens is 282 g/mol. The lowest BCUT2D eigenvalue weighted by molar-refractivity contribution is 0.387. The topological polar surface area (TPSA) is 53.1 Å². The summed E-state index contributed by atoms with van der Waals surface area (Å²) in [5.41, 5.74) is 6.93. The Hall–Kier alpha value is -1.51. The quantitative estimate of drug-likeness (QED) is 0.294. The van der Waals surface area contributed by atoms with Crippen LogP contribution >= 0.6 is 0 Å². The molecule has 1 rings (SSSR count). The van der Waals surface area contributed by atoms with Crippen LogP contribution in [0.5, 0.6) is 0 Å². The third kappa shape index (κ3) is 9.98. The number of nitrogens with zero attached hydrogens (tertiary/aromatic N) is 1. The highest BCUT2D eigenvalue weighted by Crippen LogP contribution is 2.11. The fourth-order valence-electron chi connectivity index (χ4n) is 2.88. The minimum Gasteiger partial charge on any atom is -0.370 e. The molecule has 23 heavy (non-hydrogen) atoms. The van der Waals surface area contributed by atoms with Crippen molar-refractivity contribution in [2.24, 2.45) is 5.73 Å². The molecule has 130 valence electrons. The first-order chi connectivity index (χ1) is 11.2. The standard InChI is InChI=1S/C20H35N3/c1-2-3-4-5-6-7-8-9-10-14-17-23(20(21)22)18-19-15-12-11-13-16-19/h11-13,15-16H,2-10,14,17-18H2,1H3,(H3,21,22). The molecule has 0 aromatic heterocycles. The number of rotatable bonds is 13. The summed E-state index contributed by atoms with van der Waals surface area (Å²) >= 11 is 0. The van der Waals surface area contributed by atoms with Gasteiger partial charge in [-0.1, -0.05) is 95.0 Å². The van der Waals surface area contributed by atoms with Gasteiger partial charge in [0.15, 0.2) is 5.96 Å². The summed E-state index contributed by atoms with van der Waals surface area (Å²) in [6.07, 6.45) is 13.3. The maximum Gasteiger partial charge on any atom is 0.188 e. The van der Waals surface area contributed by atoms with Crippen LogP contribution in [-0.4, -0.2) is 17.4 Å². The molecule has 0 atom stereocenters. The van der Waals surface area contributed by atoms with Crippen LogP contribution in [0, 0.1) is 5.41 Å². The Labute approximate surface area is 142 Å². The number of nitrogens with two attached hydrogens (primary N) is 1. The number of hydrogen-bond donors (Lipinski definition) is 2. The second-order valence-electron chi connectivity index (χ2n) is 6.47. The van der Waals surface area contributed by atoms with Gasteiger partial charge in [0.05, 0.1) is 0 Å².